The topological polar surface area (TPSA) is 35.6 Å². The molecular weight excluding hydrogens is 366 g/mol. The molecule has 1 atom stereocenters. The molecule has 0 aromatic heterocycles. The van der Waals surface area contributed by atoms with E-state index >= 15 is 0 Å². The first-order chi connectivity index (χ1) is 13.8. The van der Waals surface area contributed by atoms with E-state index in [1.165, 1.54) is 48.7 Å². The second kappa shape index (κ2) is 9.66. The van der Waals surface area contributed by atoms with Crippen LogP contribution in [0, 0.1) is 0 Å². The molecule has 4 rings (SSSR count). The number of piperidine rings is 1. The Morgan fingerprint density at radius 3 is 2.71 bits per heavy atom. The zero-order valence-electron chi connectivity index (χ0n) is 16.6. The summed E-state index contributed by atoms with van der Waals surface area (Å²) in [6, 6.07) is 15.1. The van der Waals surface area contributed by atoms with Gasteiger partial charge in [0.2, 0.25) is 0 Å². The van der Waals surface area contributed by atoms with E-state index in [0.717, 1.165) is 31.0 Å². The Hall–Kier alpha value is -1.72. The van der Waals surface area contributed by atoms with Crippen LogP contribution in [0.1, 0.15) is 31.2 Å². The van der Waals surface area contributed by atoms with E-state index < -0.39 is 0 Å². The molecule has 1 unspecified atom stereocenters. The fourth-order valence-electron chi connectivity index (χ4n) is 4.41. The maximum absolute atomic E-state index is 13.1. The van der Waals surface area contributed by atoms with Gasteiger partial charge in [0.15, 0.2) is 0 Å². The number of thioether (sulfide) groups is 1. The maximum Gasteiger partial charge on any atom is 0.317 e. The predicted molar refractivity (Wildman–Crippen MR) is 119 cm³/mol. The maximum atomic E-state index is 13.1. The summed E-state index contributed by atoms with van der Waals surface area (Å²) in [7, 11) is 0. The Morgan fingerprint density at radius 1 is 1.00 bits per heavy atom. The highest BCUT2D eigenvalue weighted by molar-refractivity contribution is 7.99. The Balaban J connectivity index is 1.42. The minimum absolute atomic E-state index is 0.0949. The second-order valence-electron chi connectivity index (χ2n) is 7.93. The number of nitrogens with zero attached hydrogens (tertiary/aromatic N) is 2. The number of hydrogen-bond donors (Lipinski definition) is 1. The molecule has 0 radical (unpaired) electrons. The minimum atomic E-state index is 0.0949. The van der Waals surface area contributed by atoms with Crippen LogP contribution >= 0.6 is 11.8 Å². The zero-order valence-corrected chi connectivity index (χ0v) is 17.4. The van der Waals surface area contributed by atoms with Gasteiger partial charge in [-0.05, 0) is 54.4 Å². The van der Waals surface area contributed by atoms with E-state index in [4.69, 9.17) is 0 Å². The number of carbonyl (C=O) groups excluding carboxylic acids is 1. The third-order valence-electron chi connectivity index (χ3n) is 5.93. The van der Waals surface area contributed by atoms with Gasteiger partial charge in [0.05, 0.1) is 6.04 Å². The summed E-state index contributed by atoms with van der Waals surface area (Å²) in [5.41, 5.74) is 1.18. The van der Waals surface area contributed by atoms with Gasteiger partial charge in [-0.3, -0.25) is 0 Å². The highest BCUT2D eigenvalue weighted by Gasteiger charge is 2.27. The number of amides is 2. The lowest BCUT2D eigenvalue weighted by Gasteiger charge is -2.35. The van der Waals surface area contributed by atoms with Crippen molar-refractivity contribution >= 4 is 28.6 Å². The summed E-state index contributed by atoms with van der Waals surface area (Å²) in [6.45, 7) is 4.85. The number of likely N-dealkylation sites (tertiary alicyclic amines) is 1. The second-order valence-corrected chi connectivity index (χ2v) is 9.08. The molecule has 150 valence electrons. The van der Waals surface area contributed by atoms with Crippen LogP contribution in [0.25, 0.3) is 10.8 Å². The first-order valence-corrected chi connectivity index (χ1v) is 11.8. The molecule has 2 aromatic carbocycles. The number of fused-ring (bicyclic) bond motifs is 1. The van der Waals surface area contributed by atoms with Crippen LogP contribution in [0.5, 0.6) is 0 Å². The van der Waals surface area contributed by atoms with Gasteiger partial charge in [-0.1, -0.05) is 48.9 Å². The molecule has 28 heavy (non-hydrogen) atoms. The summed E-state index contributed by atoms with van der Waals surface area (Å²) < 4.78 is 0. The first kappa shape index (κ1) is 19.6. The molecule has 1 N–H and O–H groups in total. The largest absolute Gasteiger partial charge is 0.334 e. The highest BCUT2D eigenvalue weighted by atomic mass is 32.2. The molecule has 0 spiro atoms. The van der Waals surface area contributed by atoms with Crippen molar-refractivity contribution < 1.29 is 4.79 Å². The Bertz CT molecular complexity index is 785. The summed E-state index contributed by atoms with van der Waals surface area (Å²) >= 11 is 2.00. The van der Waals surface area contributed by atoms with Gasteiger partial charge in [-0.15, -0.1) is 0 Å². The molecule has 5 heteroatoms. The molecule has 2 aliphatic heterocycles. The minimum Gasteiger partial charge on any atom is -0.334 e. The fraction of sp³-hybridized carbons (Fsp3) is 0.522. The van der Waals surface area contributed by atoms with Crippen molar-refractivity contribution in [3.8, 4) is 0 Å². The fourth-order valence-corrected chi connectivity index (χ4v) is 5.46. The molecule has 2 fully saturated rings. The number of rotatable bonds is 4. The highest BCUT2D eigenvalue weighted by Crippen LogP contribution is 2.21. The quantitative estimate of drug-likeness (QED) is 0.833. The van der Waals surface area contributed by atoms with E-state index in [0.29, 0.717) is 12.6 Å². The SMILES string of the molecule is O=C(NCc1cccc2ccccc12)N1CCCSCC1CN1CCCCC1. The van der Waals surface area contributed by atoms with Gasteiger partial charge in [0, 0.05) is 25.4 Å². The van der Waals surface area contributed by atoms with Crippen LogP contribution in [0.15, 0.2) is 42.5 Å². The van der Waals surface area contributed by atoms with Crippen molar-refractivity contribution in [3.05, 3.63) is 48.0 Å². The van der Waals surface area contributed by atoms with Crippen molar-refractivity contribution in [2.75, 3.05) is 37.7 Å². The zero-order chi connectivity index (χ0) is 19.2. The van der Waals surface area contributed by atoms with Gasteiger partial charge < -0.3 is 15.1 Å². The molecule has 0 bridgehead atoms. The smallest absolute Gasteiger partial charge is 0.317 e. The predicted octanol–water partition coefficient (Wildman–Crippen LogP) is 4.34. The van der Waals surface area contributed by atoms with Gasteiger partial charge in [0.25, 0.3) is 0 Å². The van der Waals surface area contributed by atoms with Gasteiger partial charge in [-0.25, -0.2) is 4.79 Å². The molecule has 2 aromatic rings. The van der Waals surface area contributed by atoms with E-state index in [-0.39, 0.29) is 6.03 Å². The lowest BCUT2D eigenvalue weighted by molar-refractivity contribution is 0.143. The standard InChI is InChI=1S/C23H31N3OS/c27-23(24-16-20-10-6-9-19-8-2-3-11-22(19)20)26-14-7-15-28-18-21(26)17-25-12-4-1-5-13-25/h2-3,6,8-11,21H,1,4-5,7,12-18H2,(H,24,27). The Kier molecular flexibility index (Phi) is 6.76. The number of urea groups is 1. The van der Waals surface area contributed by atoms with Crippen LogP contribution < -0.4 is 5.32 Å². The summed E-state index contributed by atoms with van der Waals surface area (Å²) in [5, 5.41) is 5.66. The number of nitrogens with one attached hydrogen (secondary N) is 1. The Morgan fingerprint density at radius 2 is 1.82 bits per heavy atom. The van der Waals surface area contributed by atoms with Crippen LogP contribution in [0.3, 0.4) is 0 Å². The van der Waals surface area contributed by atoms with Crippen molar-refractivity contribution in [2.24, 2.45) is 0 Å². The van der Waals surface area contributed by atoms with Gasteiger partial charge in [-0.2, -0.15) is 11.8 Å². The van der Waals surface area contributed by atoms with Crippen molar-refractivity contribution in [1.29, 1.82) is 0 Å². The summed E-state index contributed by atoms with van der Waals surface area (Å²) in [6.07, 6.45) is 5.04. The molecular formula is C23H31N3OS. The van der Waals surface area contributed by atoms with E-state index in [2.05, 4.69) is 57.6 Å². The van der Waals surface area contributed by atoms with E-state index in [1.54, 1.807) is 0 Å². The van der Waals surface area contributed by atoms with Crippen LogP contribution in [0.2, 0.25) is 0 Å². The van der Waals surface area contributed by atoms with Crippen LogP contribution in [-0.4, -0.2) is 59.6 Å². The summed E-state index contributed by atoms with van der Waals surface area (Å²) in [5.74, 6) is 2.21. The lowest BCUT2D eigenvalue weighted by atomic mass is 10.0. The average Bonchev–Trinajstić information content (AvgIpc) is 2.98. The summed E-state index contributed by atoms with van der Waals surface area (Å²) in [4.78, 5) is 17.8. The van der Waals surface area contributed by atoms with Crippen molar-refractivity contribution in [1.82, 2.24) is 15.1 Å². The normalized spacial score (nSPS) is 21.4. The monoisotopic (exact) mass is 397 g/mol. The molecule has 0 aliphatic carbocycles. The number of carbonyl (C=O) groups is 1. The Labute approximate surface area is 172 Å². The first-order valence-electron chi connectivity index (χ1n) is 10.6. The molecule has 2 amide bonds. The molecule has 0 saturated carbocycles. The number of benzene rings is 2. The molecule has 4 nitrogen and oxygen atoms in total. The lowest BCUT2D eigenvalue weighted by Crippen LogP contribution is -2.52. The van der Waals surface area contributed by atoms with E-state index in [1.807, 2.05) is 11.8 Å². The number of hydrogen-bond acceptors (Lipinski definition) is 3. The average molecular weight is 398 g/mol. The van der Waals surface area contributed by atoms with Gasteiger partial charge >= 0.3 is 6.03 Å². The van der Waals surface area contributed by atoms with Crippen molar-refractivity contribution in [3.63, 3.8) is 0 Å². The van der Waals surface area contributed by atoms with Crippen molar-refractivity contribution in [2.45, 2.75) is 38.3 Å². The van der Waals surface area contributed by atoms with Crippen LogP contribution in [0.4, 0.5) is 4.79 Å². The molecule has 2 heterocycles. The van der Waals surface area contributed by atoms with Crippen LogP contribution in [-0.2, 0) is 6.54 Å². The third-order valence-corrected chi connectivity index (χ3v) is 7.13. The molecule has 2 aliphatic rings. The van der Waals surface area contributed by atoms with E-state index in [9.17, 15) is 4.79 Å². The molecule has 2 saturated heterocycles. The third kappa shape index (κ3) is 4.81. The van der Waals surface area contributed by atoms with Gasteiger partial charge in [0.1, 0.15) is 0 Å².